The fourth-order valence-electron chi connectivity index (χ4n) is 6.87. The quantitative estimate of drug-likeness (QED) is 0.197. The van der Waals surface area contributed by atoms with E-state index in [-0.39, 0.29) is 0 Å². The van der Waals surface area contributed by atoms with E-state index in [1.54, 1.807) is 0 Å². The molecule has 0 N–H and O–H groups in total. The summed E-state index contributed by atoms with van der Waals surface area (Å²) in [6, 6.07) is 51.6. The van der Waals surface area contributed by atoms with Gasteiger partial charge in [0.05, 0.1) is 0 Å². The summed E-state index contributed by atoms with van der Waals surface area (Å²) in [6.45, 7) is 0. The number of aromatic nitrogens is 3. The van der Waals surface area contributed by atoms with Crippen LogP contribution in [0.2, 0.25) is 0 Å². The van der Waals surface area contributed by atoms with Crippen molar-refractivity contribution in [3.05, 3.63) is 152 Å². The summed E-state index contributed by atoms with van der Waals surface area (Å²) < 4.78 is 12.4. The first kappa shape index (κ1) is 26.6. The van der Waals surface area contributed by atoms with Gasteiger partial charge in [-0.2, -0.15) is 0 Å². The minimum atomic E-state index is 0.608. The molecule has 5 nitrogen and oxygen atoms in total. The fourth-order valence-corrected chi connectivity index (χ4v) is 6.87. The molecule has 10 rings (SSSR count). The van der Waals surface area contributed by atoms with Gasteiger partial charge in [-0.3, -0.25) is 0 Å². The van der Waals surface area contributed by atoms with Crippen LogP contribution in [0.15, 0.2) is 160 Å². The summed E-state index contributed by atoms with van der Waals surface area (Å²) in [5.74, 6) is 1.84. The number of fused-ring (bicyclic) bond motifs is 8. The molecule has 0 unspecified atom stereocenters. The van der Waals surface area contributed by atoms with Gasteiger partial charge in [0.1, 0.15) is 22.3 Å². The lowest BCUT2D eigenvalue weighted by molar-refractivity contribution is 0.668. The predicted octanol–water partition coefficient (Wildman–Crippen LogP) is 11.5. The zero-order valence-electron chi connectivity index (χ0n) is 25.6. The Bertz CT molecular complexity index is 2850. The van der Waals surface area contributed by atoms with E-state index in [4.69, 9.17) is 23.8 Å². The van der Waals surface area contributed by atoms with E-state index < -0.39 is 0 Å². The van der Waals surface area contributed by atoms with Crippen LogP contribution >= 0.6 is 0 Å². The minimum absolute atomic E-state index is 0.608. The van der Waals surface area contributed by atoms with Crippen molar-refractivity contribution in [3.63, 3.8) is 0 Å². The highest BCUT2D eigenvalue weighted by Gasteiger charge is 2.17. The van der Waals surface area contributed by atoms with Crippen LogP contribution in [-0.4, -0.2) is 15.0 Å². The number of nitrogens with zero attached hydrogens (tertiary/aromatic N) is 3. The molecule has 224 valence electrons. The third kappa shape index (κ3) is 4.22. The average Bonchev–Trinajstić information content (AvgIpc) is 3.74. The zero-order valence-corrected chi connectivity index (χ0v) is 25.6. The molecular formula is C43H25N3O2. The highest BCUT2D eigenvalue weighted by atomic mass is 16.3. The second-order valence-corrected chi connectivity index (χ2v) is 12.0. The number of rotatable bonds is 4. The monoisotopic (exact) mass is 615 g/mol. The molecule has 0 spiro atoms. The van der Waals surface area contributed by atoms with Gasteiger partial charge in [-0.25, -0.2) is 15.0 Å². The molecule has 3 aromatic heterocycles. The molecule has 5 heteroatoms. The van der Waals surface area contributed by atoms with Crippen molar-refractivity contribution in [1.82, 2.24) is 15.0 Å². The standard InChI is InChI=1S/C43H25N3O2/c1-2-10-27(11-3-1)41-44-42(29-13-8-12-28(24-29)31-16-9-19-37-39(31)32-14-4-6-17-35(32)47-37)46-43(45-41)30-21-20-26-22-23-38-40(34(26)25-30)33-15-5-7-18-36(33)48-38/h1-25H. The Hall–Kier alpha value is -6.59. The molecule has 3 heterocycles. The second-order valence-electron chi connectivity index (χ2n) is 12.0. The molecule has 0 aliphatic rings. The number of hydrogen-bond acceptors (Lipinski definition) is 5. The van der Waals surface area contributed by atoms with Crippen LogP contribution in [0.5, 0.6) is 0 Å². The lowest BCUT2D eigenvalue weighted by Crippen LogP contribution is -2.00. The molecule has 0 fully saturated rings. The Morgan fingerprint density at radius 3 is 1.65 bits per heavy atom. The largest absolute Gasteiger partial charge is 0.456 e. The Balaban J connectivity index is 1.17. The van der Waals surface area contributed by atoms with Crippen molar-refractivity contribution in [2.75, 3.05) is 0 Å². The normalized spacial score (nSPS) is 11.8. The third-order valence-electron chi connectivity index (χ3n) is 9.12. The average molecular weight is 616 g/mol. The Morgan fingerprint density at radius 2 is 0.875 bits per heavy atom. The lowest BCUT2D eigenvalue weighted by atomic mass is 9.98. The first-order valence-electron chi connectivity index (χ1n) is 15.9. The van der Waals surface area contributed by atoms with Crippen LogP contribution in [-0.2, 0) is 0 Å². The Kier molecular flexibility index (Phi) is 5.81. The van der Waals surface area contributed by atoms with Gasteiger partial charge in [0.25, 0.3) is 0 Å². The van der Waals surface area contributed by atoms with Crippen LogP contribution in [0.3, 0.4) is 0 Å². The number of furan rings is 2. The first-order valence-corrected chi connectivity index (χ1v) is 15.9. The summed E-state index contributed by atoms with van der Waals surface area (Å²) in [7, 11) is 0. The predicted molar refractivity (Wildman–Crippen MR) is 194 cm³/mol. The minimum Gasteiger partial charge on any atom is -0.456 e. The van der Waals surface area contributed by atoms with Crippen LogP contribution in [0, 0.1) is 0 Å². The number of benzene rings is 7. The van der Waals surface area contributed by atoms with Crippen molar-refractivity contribution in [2.24, 2.45) is 0 Å². The van der Waals surface area contributed by atoms with Gasteiger partial charge in [0.15, 0.2) is 17.5 Å². The lowest BCUT2D eigenvalue weighted by Gasteiger charge is -2.11. The van der Waals surface area contributed by atoms with Gasteiger partial charge in [0, 0.05) is 38.2 Å². The molecule has 0 bridgehead atoms. The summed E-state index contributed by atoms with van der Waals surface area (Å²) in [4.78, 5) is 15.2. The van der Waals surface area contributed by atoms with Crippen LogP contribution in [0.1, 0.15) is 0 Å². The second kappa shape index (κ2) is 10.5. The van der Waals surface area contributed by atoms with Crippen molar-refractivity contribution >= 4 is 54.6 Å². The Labute approximate surface area is 274 Å². The summed E-state index contributed by atoms with van der Waals surface area (Å²) in [6.07, 6.45) is 0. The molecule has 0 atom stereocenters. The maximum Gasteiger partial charge on any atom is 0.164 e. The van der Waals surface area contributed by atoms with Gasteiger partial charge >= 0.3 is 0 Å². The summed E-state index contributed by atoms with van der Waals surface area (Å²) in [5, 5.41) is 6.61. The zero-order chi connectivity index (χ0) is 31.6. The van der Waals surface area contributed by atoms with Crippen molar-refractivity contribution in [1.29, 1.82) is 0 Å². The highest BCUT2D eigenvalue weighted by Crippen LogP contribution is 2.39. The van der Waals surface area contributed by atoms with Gasteiger partial charge in [-0.05, 0) is 58.3 Å². The van der Waals surface area contributed by atoms with Gasteiger partial charge in [0.2, 0.25) is 0 Å². The van der Waals surface area contributed by atoms with Crippen molar-refractivity contribution in [3.8, 4) is 45.3 Å². The number of para-hydroxylation sites is 2. The van der Waals surface area contributed by atoms with E-state index >= 15 is 0 Å². The van der Waals surface area contributed by atoms with E-state index in [1.165, 1.54) is 0 Å². The molecule has 0 amide bonds. The molecule has 48 heavy (non-hydrogen) atoms. The Morgan fingerprint density at radius 1 is 0.333 bits per heavy atom. The van der Waals surface area contributed by atoms with Crippen molar-refractivity contribution in [2.45, 2.75) is 0 Å². The van der Waals surface area contributed by atoms with E-state index in [1.807, 2.05) is 78.9 Å². The van der Waals surface area contributed by atoms with E-state index in [0.717, 1.165) is 82.5 Å². The van der Waals surface area contributed by atoms with Gasteiger partial charge in [-0.15, -0.1) is 0 Å². The maximum atomic E-state index is 6.21. The maximum absolute atomic E-state index is 6.21. The topological polar surface area (TPSA) is 65.0 Å². The molecule has 7 aromatic carbocycles. The van der Waals surface area contributed by atoms with E-state index in [0.29, 0.717) is 17.5 Å². The van der Waals surface area contributed by atoms with Crippen molar-refractivity contribution < 1.29 is 8.83 Å². The summed E-state index contributed by atoms with van der Waals surface area (Å²) in [5.41, 5.74) is 8.38. The molecule has 0 radical (unpaired) electrons. The molecule has 0 saturated heterocycles. The van der Waals surface area contributed by atoms with Gasteiger partial charge in [-0.1, -0.05) is 115 Å². The first-order chi connectivity index (χ1) is 23.8. The highest BCUT2D eigenvalue weighted by molar-refractivity contribution is 6.19. The third-order valence-corrected chi connectivity index (χ3v) is 9.12. The van der Waals surface area contributed by atoms with Crippen LogP contribution < -0.4 is 0 Å². The summed E-state index contributed by atoms with van der Waals surface area (Å²) >= 11 is 0. The molecular weight excluding hydrogens is 590 g/mol. The van der Waals surface area contributed by atoms with Gasteiger partial charge < -0.3 is 8.83 Å². The SMILES string of the molecule is c1ccc(-c2nc(-c3cccc(-c4cccc5oc6ccccc6c45)c3)nc(-c3ccc4ccc5oc6ccccc6c5c4c3)n2)cc1. The smallest absolute Gasteiger partial charge is 0.164 e. The van der Waals surface area contributed by atoms with Crippen LogP contribution in [0.4, 0.5) is 0 Å². The molecule has 0 aliphatic carbocycles. The molecule has 0 aliphatic heterocycles. The number of hydrogen-bond donors (Lipinski definition) is 0. The molecule has 10 aromatic rings. The van der Waals surface area contributed by atoms with Crippen LogP contribution in [0.25, 0.3) is 99.9 Å². The van der Waals surface area contributed by atoms with E-state index in [9.17, 15) is 0 Å². The fraction of sp³-hybridized carbons (Fsp3) is 0. The van der Waals surface area contributed by atoms with E-state index in [2.05, 4.69) is 72.8 Å². The molecule has 0 saturated carbocycles.